The van der Waals surface area contributed by atoms with Gasteiger partial charge >= 0.3 is 0 Å². The smallest absolute Gasteiger partial charge is 0.258 e. The number of carbonyl (C=O) groups is 1. The molecule has 6 heteroatoms. The van der Waals surface area contributed by atoms with Crippen LogP contribution in [0.25, 0.3) is 22.0 Å². The molecule has 1 amide bonds. The molecular weight excluding hydrogens is 432 g/mol. The summed E-state index contributed by atoms with van der Waals surface area (Å²) in [6, 6.07) is 17.3. The molecule has 5 rings (SSSR count). The number of hydrogen-bond acceptors (Lipinski definition) is 3. The molecule has 0 bridgehead atoms. The molecule has 1 saturated heterocycles. The lowest BCUT2D eigenvalue weighted by Gasteiger charge is -2.15. The van der Waals surface area contributed by atoms with Crippen LogP contribution in [0.2, 0.25) is 0 Å². The first-order valence-corrected chi connectivity index (χ1v) is 11.5. The third kappa shape index (κ3) is 4.54. The number of anilines is 1. The van der Waals surface area contributed by atoms with Crippen molar-refractivity contribution in [1.29, 1.82) is 0 Å². The normalized spacial score (nSPS) is 14.0. The molecule has 3 aromatic carbocycles. The Labute approximate surface area is 197 Å². The first-order valence-electron chi connectivity index (χ1n) is 11.5. The van der Waals surface area contributed by atoms with Crippen LogP contribution in [-0.2, 0) is 6.54 Å². The number of aryl methyl sites for hydroxylation is 1. The van der Waals surface area contributed by atoms with E-state index >= 15 is 4.39 Å². The van der Waals surface area contributed by atoms with Crippen molar-refractivity contribution in [2.24, 2.45) is 0 Å². The lowest BCUT2D eigenvalue weighted by molar-refractivity contribution is 0.102. The zero-order valence-corrected chi connectivity index (χ0v) is 18.9. The van der Waals surface area contributed by atoms with Gasteiger partial charge in [-0.2, -0.15) is 0 Å². The molecule has 172 valence electrons. The average molecular weight is 458 g/mol. The highest BCUT2D eigenvalue weighted by molar-refractivity contribution is 6.05. The molecule has 0 atom stereocenters. The van der Waals surface area contributed by atoms with Crippen LogP contribution in [0.4, 0.5) is 14.5 Å². The van der Waals surface area contributed by atoms with Gasteiger partial charge in [-0.25, -0.2) is 8.78 Å². The number of aromatic nitrogens is 1. The summed E-state index contributed by atoms with van der Waals surface area (Å²) in [5.41, 5.74) is 3.66. The Morgan fingerprint density at radius 3 is 2.44 bits per heavy atom. The molecule has 1 aromatic heterocycles. The van der Waals surface area contributed by atoms with Crippen molar-refractivity contribution in [2.45, 2.75) is 26.3 Å². The standard InChI is InChI=1S/C28H25F2N3O/c1-18-4-6-20(7-5-18)21-8-10-23(24(29)15-21)28(34)32-25-11-9-22-14-19(16-31-27(22)26(25)30)17-33-12-2-3-13-33/h4-11,14-16H,2-3,12-13,17H2,1H3,(H,32,34). The van der Waals surface area contributed by atoms with E-state index in [9.17, 15) is 9.18 Å². The zero-order valence-electron chi connectivity index (χ0n) is 18.9. The Kier molecular flexibility index (Phi) is 6.07. The van der Waals surface area contributed by atoms with Crippen molar-refractivity contribution in [2.75, 3.05) is 18.4 Å². The molecule has 2 heterocycles. The molecule has 1 aliphatic heterocycles. The molecule has 0 spiro atoms. The molecule has 0 unspecified atom stereocenters. The van der Waals surface area contributed by atoms with Crippen LogP contribution >= 0.6 is 0 Å². The predicted molar refractivity (Wildman–Crippen MR) is 131 cm³/mol. The summed E-state index contributed by atoms with van der Waals surface area (Å²) >= 11 is 0. The quantitative estimate of drug-likeness (QED) is 0.381. The number of pyridine rings is 1. The van der Waals surface area contributed by atoms with E-state index in [2.05, 4.69) is 15.2 Å². The second-order valence-corrected chi connectivity index (χ2v) is 8.84. The van der Waals surface area contributed by atoms with E-state index in [4.69, 9.17) is 0 Å². The van der Waals surface area contributed by atoms with Crippen molar-refractivity contribution in [3.63, 3.8) is 0 Å². The molecular formula is C28H25F2N3O. The summed E-state index contributed by atoms with van der Waals surface area (Å²) in [5.74, 6) is -2.01. The summed E-state index contributed by atoms with van der Waals surface area (Å²) in [6.07, 6.45) is 4.08. The number of nitrogens with zero attached hydrogens (tertiary/aromatic N) is 2. The number of hydrogen-bond donors (Lipinski definition) is 1. The van der Waals surface area contributed by atoms with Crippen molar-refractivity contribution >= 4 is 22.5 Å². The maximum atomic E-state index is 15.1. The SMILES string of the molecule is Cc1ccc(-c2ccc(C(=O)Nc3ccc4cc(CN5CCCC5)cnc4c3F)c(F)c2)cc1. The summed E-state index contributed by atoms with van der Waals surface area (Å²) < 4.78 is 29.9. The van der Waals surface area contributed by atoms with Crippen LogP contribution in [0.3, 0.4) is 0 Å². The first-order chi connectivity index (χ1) is 16.5. The van der Waals surface area contributed by atoms with Gasteiger partial charge in [0, 0.05) is 18.1 Å². The average Bonchev–Trinajstić information content (AvgIpc) is 3.34. The van der Waals surface area contributed by atoms with Gasteiger partial charge in [-0.1, -0.05) is 42.0 Å². The number of rotatable bonds is 5. The van der Waals surface area contributed by atoms with E-state index in [-0.39, 0.29) is 16.8 Å². The molecule has 1 fully saturated rings. The molecule has 0 saturated carbocycles. The molecule has 1 aliphatic rings. The Bertz CT molecular complexity index is 1360. The largest absolute Gasteiger partial charge is 0.319 e. The maximum Gasteiger partial charge on any atom is 0.258 e. The van der Waals surface area contributed by atoms with Crippen LogP contribution in [-0.4, -0.2) is 28.9 Å². The van der Waals surface area contributed by atoms with Crippen molar-refractivity contribution in [1.82, 2.24) is 9.88 Å². The van der Waals surface area contributed by atoms with Crippen LogP contribution in [0.15, 0.2) is 66.9 Å². The van der Waals surface area contributed by atoms with Gasteiger partial charge in [-0.05, 0) is 73.8 Å². The van der Waals surface area contributed by atoms with E-state index in [1.54, 1.807) is 18.3 Å². The fourth-order valence-electron chi connectivity index (χ4n) is 4.41. The highest BCUT2D eigenvalue weighted by Crippen LogP contribution is 2.27. The Morgan fingerprint density at radius 2 is 1.71 bits per heavy atom. The first kappa shape index (κ1) is 22.2. The number of fused-ring (bicyclic) bond motifs is 1. The van der Waals surface area contributed by atoms with Crippen LogP contribution < -0.4 is 5.32 Å². The van der Waals surface area contributed by atoms with Crippen molar-refractivity contribution in [3.8, 4) is 11.1 Å². The Hall–Kier alpha value is -3.64. The Morgan fingerprint density at radius 1 is 0.971 bits per heavy atom. The van der Waals surface area contributed by atoms with Gasteiger partial charge in [0.2, 0.25) is 0 Å². The minimum Gasteiger partial charge on any atom is -0.319 e. The lowest BCUT2D eigenvalue weighted by Crippen LogP contribution is -2.18. The second kappa shape index (κ2) is 9.31. The van der Waals surface area contributed by atoms with E-state index in [0.717, 1.165) is 36.3 Å². The summed E-state index contributed by atoms with van der Waals surface area (Å²) in [7, 11) is 0. The molecule has 0 radical (unpaired) electrons. The van der Waals surface area contributed by atoms with Gasteiger partial charge in [0.05, 0.1) is 11.3 Å². The van der Waals surface area contributed by atoms with Gasteiger partial charge in [0.25, 0.3) is 5.91 Å². The van der Waals surface area contributed by atoms with Gasteiger partial charge < -0.3 is 5.32 Å². The van der Waals surface area contributed by atoms with Crippen LogP contribution in [0.1, 0.15) is 34.3 Å². The maximum absolute atomic E-state index is 15.1. The zero-order chi connectivity index (χ0) is 23.7. The lowest BCUT2D eigenvalue weighted by atomic mass is 10.0. The third-order valence-corrected chi connectivity index (χ3v) is 6.30. The van der Waals surface area contributed by atoms with E-state index < -0.39 is 17.5 Å². The van der Waals surface area contributed by atoms with Crippen molar-refractivity contribution in [3.05, 3.63) is 95.2 Å². The monoisotopic (exact) mass is 457 g/mol. The molecule has 4 nitrogen and oxygen atoms in total. The molecule has 4 aromatic rings. The third-order valence-electron chi connectivity index (χ3n) is 6.30. The number of amides is 1. The number of halogens is 2. The fourth-order valence-corrected chi connectivity index (χ4v) is 4.41. The van der Waals surface area contributed by atoms with E-state index in [1.165, 1.54) is 31.0 Å². The van der Waals surface area contributed by atoms with E-state index in [0.29, 0.717) is 10.9 Å². The number of benzene rings is 3. The number of likely N-dealkylation sites (tertiary alicyclic amines) is 1. The second-order valence-electron chi connectivity index (χ2n) is 8.84. The topological polar surface area (TPSA) is 45.2 Å². The van der Waals surface area contributed by atoms with Gasteiger partial charge in [-0.3, -0.25) is 14.7 Å². The number of carbonyl (C=O) groups excluding carboxylic acids is 1. The number of nitrogens with one attached hydrogen (secondary N) is 1. The van der Waals surface area contributed by atoms with E-state index in [1.807, 2.05) is 37.3 Å². The Balaban J connectivity index is 1.35. The summed E-state index contributed by atoms with van der Waals surface area (Å²) in [6.45, 7) is 4.91. The molecule has 0 aliphatic carbocycles. The minimum absolute atomic E-state index is 0.0284. The van der Waals surface area contributed by atoms with Crippen LogP contribution in [0, 0.1) is 18.6 Å². The molecule has 1 N–H and O–H groups in total. The predicted octanol–water partition coefficient (Wildman–Crippen LogP) is 6.34. The van der Waals surface area contributed by atoms with Gasteiger partial charge in [0.15, 0.2) is 5.82 Å². The summed E-state index contributed by atoms with van der Waals surface area (Å²) in [5, 5.41) is 3.16. The highest BCUT2D eigenvalue weighted by atomic mass is 19.1. The minimum atomic E-state index is -0.711. The fraction of sp³-hybridized carbons (Fsp3) is 0.214. The highest BCUT2D eigenvalue weighted by Gasteiger charge is 2.17. The van der Waals surface area contributed by atoms with Crippen LogP contribution in [0.5, 0.6) is 0 Å². The molecule has 34 heavy (non-hydrogen) atoms. The van der Waals surface area contributed by atoms with Crippen molar-refractivity contribution < 1.29 is 13.6 Å². The van der Waals surface area contributed by atoms with Gasteiger partial charge in [-0.15, -0.1) is 0 Å². The summed E-state index contributed by atoms with van der Waals surface area (Å²) in [4.78, 5) is 19.4. The van der Waals surface area contributed by atoms with Gasteiger partial charge in [0.1, 0.15) is 11.3 Å².